The lowest BCUT2D eigenvalue weighted by Crippen LogP contribution is -2.42. The van der Waals surface area contributed by atoms with Gasteiger partial charge >= 0.3 is 5.97 Å². The summed E-state index contributed by atoms with van der Waals surface area (Å²) < 4.78 is 43.0. The first kappa shape index (κ1) is 17.0. The van der Waals surface area contributed by atoms with Crippen LogP contribution in [0.4, 0.5) is 0 Å². The molecule has 0 bridgehead atoms. The van der Waals surface area contributed by atoms with Crippen molar-refractivity contribution in [2.45, 2.75) is 24.7 Å². The van der Waals surface area contributed by atoms with Crippen LogP contribution in [0.5, 0.6) is 11.5 Å². The van der Waals surface area contributed by atoms with Crippen LogP contribution in [0.25, 0.3) is 0 Å². The average molecular weight is 355 g/mol. The van der Waals surface area contributed by atoms with E-state index in [0.717, 1.165) is 0 Å². The molecule has 8 heteroatoms. The number of sulfonamides is 1. The lowest BCUT2D eigenvalue weighted by atomic mass is 10.0. The smallest absolute Gasteiger partial charge is 0.310 e. The summed E-state index contributed by atoms with van der Waals surface area (Å²) in [7, 11) is -3.69. The number of hydrogen-bond acceptors (Lipinski definition) is 6. The van der Waals surface area contributed by atoms with Gasteiger partial charge in [-0.1, -0.05) is 0 Å². The molecule has 132 valence electrons. The Morgan fingerprint density at radius 1 is 1.29 bits per heavy atom. The fourth-order valence-corrected chi connectivity index (χ4v) is 4.49. The van der Waals surface area contributed by atoms with Crippen molar-refractivity contribution >= 4 is 16.0 Å². The molecule has 0 spiro atoms. The minimum atomic E-state index is -3.69. The quantitative estimate of drug-likeness (QED) is 0.760. The number of rotatable bonds is 4. The summed E-state index contributed by atoms with van der Waals surface area (Å²) in [5.74, 6) is 0.231. The number of benzene rings is 1. The van der Waals surface area contributed by atoms with Crippen LogP contribution in [0.2, 0.25) is 0 Å². The summed E-state index contributed by atoms with van der Waals surface area (Å²) in [6, 6.07) is 4.60. The molecular weight excluding hydrogens is 334 g/mol. The summed E-state index contributed by atoms with van der Waals surface area (Å²) in [5.41, 5.74) is 0. The Balaban J connectivity index is 1.81. The van der Waals surface area contributed by atoms with Crippen molar-refractivity contribution in [2.24, 2.45) is 5.92 Å². The Bertz CT molecular complexity index is 717. The molecule has 1 saturated heterocycles. The van der Waals surface area contributed by atoms with Gasteiger partial charge in [-0.15, -0.1) is 0 Å². The van der Waals surface area contributed by atoms with E-state index in [4.69, 9.17) is 14.2 Å². The molecule has 0 N–H and O–H groups in total. The van der Waals surface area contributed by atoms with Gasteiger partial charge in [-0.25, -0.2) is 8.42 Å². The first-order valence-corrected chi connectivity index (χ1v) is 9.53. The molecule has 24 heavy (non-hydrogen) atoms. The van der Waals surface area contributed by atoms with Gasteiger partial charge in [0, 0.05) is 19.2 Å². The van der Waals surface area contributed by atoms with E-state index in [1.807, 2.05) is 0 Å². The molecule has 1 aromatic rings. The Morgan fingerprint density at radius 2 is 2.04 bits per heavy atom. The molecule has 0 aliphatic carbocycles. The highest BCUT2D eigenvalue weighted by atomic mass is 32.2. The molecule has 0 saturated carbocycles. The maximum atomic E-state index is 12.9. The highest BCUT2D eigenvalue weighted by molar-refractivity contribution is 7.89. The Kier molecular flexibility index (Phi) is 4.96. The minimum Gasteiger partial charge on any atom is -0.486 e. The predicted molar refractivity (Wildman–Crippen MR) is 85.5 cm³/mol. The van der Waals surface area contributed by atoms with Crippen LogP contribution in [-0.4, -0.2) is 51.6 Å². The van der Waals surface area contributed by atoms with Gasteiger partial charge in [-0.2, -0.15) is 4.31 Å². The summed E-state index contributed by atoms with van der Waals surface area (Å²) in [4.78, 5) is 12.1. The summed E-state index contributed by atoms with van der Waals surface area (Å²) in [6.45, 7) is 3.43. The predicted octanol–water partition coefficient (Wildman–Crippen LogP) is 1.42. The van der Waals surface area contributed by atoms with Crippen LogP contribution >= 0.6 is 0 Å². The molecule has 0 amide bonds. The molecule has 1 atom stereocenters. The molecular formula is C16H21NO6S. The lowest BCUT2D eigenvalue weighted by molar-refractivity contribution is -0.149. The SMILES string of the molecule is CCOC(=O)[C@@H]1CCCN(S(=O)(=O)c2ccc3c(c2)OCCO3)C1. The molecule has 2 aliphatic heterocycles. The van der Waals surface area contributed by atoms with E-state index in [9.17, 15) is 13.2 Å². The summed E-state index contributed by atoms with van der Waals surface area (Å²) >= 11 is 0. The number of piperidine rings is 1. The molecule has 2 heterocycles. The number of nitrogens with zero attached hydrogens (tertiary/aromatic N) is 1. The Hall–Kier alpha value is -1.80. The van der Waals surface area contributed by atoms with Gasteiger partial charge in [0.25, 0.3) is 0 Å². The van der Waals surface area contributed by atoms with Crippen molar-refractivity contribution in [3.8, 4) is 11.5 Å². The second kappa shape index (κ2) is 6.98. The molecule has 1 aromatic carbocycles. The van der Waals surface area contributed by atoms with Crippen LogP contribution in [-0.2, 0) is 19.6 Å². The third-order valence-corrected chi connectivity index (χ3v) is 6.02. The monoisotopic (exact) mass is 355 g/mol. The van der Waals surface area contributed by atoms with E-state index < -0.39 is 15.9 Å². The number of carbonyl (C=O) groups excluding carboxylic acids is 1. The van der Waals surface area contributed by atoms with Crippen molar-refractivity contribution in [2.75, 3.05) is 32.9 Å². The van der Waals surface area contributed by atoms with Crippen LogP contribution in [0, 0.1) is 5.92 Å². The van der Waals surface area contributed by atoms with Crippen LogP contribution < -0.4 is 9.47 Å². The molecule has 0 unspecified atom stereocenters. The number of hydrogen-bond donors (Lipinski definition) is 0. The highest BCUT2D eigenvalue weighted by Gasteiger charge is 2.34. The van der Waals surface area contributed by atoms with Gasteiger partial charge in [-0.05, 0) is 31.9 Å². The number of esters is 1. The zero-order chi connectivity index (χ0) is 17.2. The zero-order valence-corrected chi connectivity index (χ0v) is 14.4. The van der Waals surface area contributed by atoms with E-state index in [1.165, 1.54) is 16.4 Å². The number of ether oxygens (including phenoxy) is 3. The maximum Gasteiger partial charge on any atom is 0.310 e. The zero-order valence-electron chi connectivity index (χ0n) is 13.6. The van der Waals surface area contributed by atoms with Gasteiger partial charge in [0.1, 0.15) is 13.2 Å². The molecule has 7 nitrogen and oxygen atoms in total. The van der Waals surface area contributed by atoms with Gasteiger partial charge in [0.15, 0.2) is 11.5 Å². The van der Waals surface area contributed by atoms with E-state index in [1.54, 1.807) is 13.0 Å². The van der Waals surface area contributed by atoms with E-state index in [0.29, 0.717) is 50.7 Å². The highest BCUT2D eigenvalue weighted by Crippen LogP contribution is 2.34. The van der Waals surface area contributed by atoms with Gasteiger partial charge in [0.2, 0.25) is 10.0 Å². The van der Waals surface area contributed by atoms with Crippen molar-refractivity contribution < 1.29 is 27.4 Å². The van der Waals surface area contributed by atoms with Gasteiger partial charge < -0.3 is 14.2 Å². The standard InChI is InChI=1S/C16H21NO6S/c1-2-21-16(18)12-4-3-7-17(11-12)24(19,20)13-5-6-14-15(10-13)23-9-8-22-14/h5-6,10,12H,2-4,7-9,11H2,1H3/t12-/m1/s1. The van der Waals surface area contributed by atoms with E-state index >= 15 is 0 Å². The average Bonchev–Trinajstić information content (AvgIpc) is 2.61. The minimum absolute atomic E-state index is 0.148. The Labute approximate surface area is 141 Å². The summed E-state index contributed by atoms with van der Waals surface area (Å²) in [6.07, 6.45) is 1.28. The Morgan fingerprint density at radius 3 is 2.79 bits per heavy atom. The normalized spacial score (nSPS) is 21.3. The third kappa shape index (κ3) is 3.34. The fraction of sp³-hybridized carbons (Fsp3) is 0.562. The largest absolute Gasteiger partial charge is 0.486 e. The van der Waals surface area contributed by atoms with Crippen LogP contribution in [0.1, 0.15) is 19.8 Å². The maximum absolute atomic E-state index is 12.9. The molecule has 1 fully saturated rings. The summed E-state index contributed by atoms with van der Waals surface area (Å²) in [5, 5.41) is 0. The molecule has 0 radical (unpaired) electrons. The van der Waals surface area contributed by atoms with Crippen molar-refractivity contribution in [3.05, 3.63) is 18.2 Å². The van der Waals surface area contributed by atoms with Crippen LogP contribution in [0.3, 0.4) is 0 Å². The van der Waals surface area contributed by atoms with E-state index in [2.05, 4.69) is 0 Å². The van der Waals surface area contributed by atoms with E-state index in [-0.39, 0.29) is 17.4 Å². The number of carbonyl (C=O) groups is 1. The number of fused-ring (bicyclic) bond motifs is 1. The molecule has 0 aromatic heterocycles. The van der Waals surface area contributed by atoms with Gasteiger partial charge in [0.05, 0.1) is 17.4 Å². The fourth-order valence-electron chi connectivity index (χ4n) is 2.95. The van der Waals surface area contributed by atoms with Crippen LogP contribution in [0.15, 0.2) is 23.1 Å². The van der Waals surface area contributed by atoms with Crippen molar-refractivity contribution in [3.63, 3.8) is 0 Å². The first-order valence-electron chi connectivity index (χ1n) is 8.09. The van der Waals surface area contributed by atoms with Crippen molar-refractivity contribution in [1.82, 2.24) is 4.31 Å². The second-order valence-corrected chi connectivity index (χ2v) is 7.70. The first-order chi connectivity index (χ1) is 11.5. The topological polar surface area (TPSA) is 82.1 Å². The second-order valence-electron chi connectivity index (χ2n) is 5.76. The molecule has 3 rings (SSSR count). The lowest BCUT2D eigenvalue weighted by Gasteiger charge is -2.31. The molecule has 2 aliphatic rings. The third-order valence-electron chi connectivity index (χ3n) is 4.16. The van der Waals surface area contributed by atoms with Crippen molar-refractivity contribution in [1.29, 1.82) is 0 Å². The van der Waals surface area contributed by atoms with Gasteiger partial charge in [-0.3, -0.25) is 4.79 Å².